The molecule has 0 radical (unpaired) electrons. The zero-order chi connectivity index (χ0) is 14.1. The quantitative estimate of drug-likeness (QED) is 0.812. The standard InChI is InChI=1S/C14H15ClF2N2S/c15-10-5-9(16)6-11(17)13(10)19-14-18-12-4-2-1-3-8(12)7-20-14/h5-6,8,12H,1-4,7H2,(H,18,19). The summed E-state index contributed by atoms with van der Waals surface area (Å²) < 4.78 is 26.8. The topological polar surface area (TPSA) is 24.4 Å². The number of aliphatic imine (C=N–C) groups is 1. The zero-order valence-corrected chi connectivity index (χ0v) is 12.4. The van der Waals surface area contributed by atoms with Crippen molar-refractivity contribution in [2.75, 3.05) is 11.1 Å². The Morgan fingerprint density at radius 3 is 2.85 bits per heavy atom. The monoisotopic (exact) mass is 316 g/mol. The minimum Gasteiger partial charge on any atom is -0.331 e. The summed E-state index contributed by atoms with van der Waals surface area (Å²) in [5, 5.41) is 3.64. The number of benzene rings is 1. The normalized spacial score (nSPS) is 25.9. The van der Waals surface area contributed by atoms with Crippen LogP contribution in [0.2, 0.25) is 5.02 Å². The summed E-state index contributed by atoms with van der Waals surface area (Å²) in [6, 6.07) is 2.26. The summed E-state index contributed by atoms with van der Waals surface area (Å²) >= 11 is 7.47. The molecule has 2 nitrogen and oxygen atoms in total. The average Bonchev–Trinajstić information content (AvgIpc) is 2.42. The van der Waals surface area contributed by atoms with E-state index in [9.17, 15) is 8.78 Å². The molecule has 2 atom stereocenters. The van der Waals surface area contributed by atoms with Crippen molar-refractivity contribution in [1.82, 2.24) is 0 Å². The van der Waals surface area contributed by atoms with Crippen LogP contribution in [0, 0.1) is 17.6 Å². The first-order chi connectivity index (χ1) is 9.63. The van der Waals surface area contributed by atoms with Gasteiger partial charge in [0.15, 0.2) is 11.0 Å². The Hall–Kier alpha value is -0.810. The number of hydrogen-bond donors (Lipinski definition) is 1. The Morgan fingerprint density at radius 1 is 1.25 bits per heavy atom. The van der Waals surface area contributed by atoms with Gasteiger partial charge in [0.2, 0.25) is 0 Å². The van der Waals surface area contributed by atoms with Crippen LogP contribution in [0.1, 0.15) is 25.7 Å². The van der Waals surface area contributed by atoms with E-state index in [2.05, 4.69) is 10.3 Å². The number of thioether (sulfide) groups is 1. The molecule has 0 bridgehead atoms. The van der Waals surface area contributed by atoms with Gasteiger partial charge in [0.05, 0.1) is 16.8 Å². The van der Waals surface area contributed by atoms with Crippen molar-refractivity contribution in [2.24, 2.45) is 10.9 Å². The van der Waals surface area contributed by atoms with Gasteiger partial charge in [0.1, 0.15) is 5.82 Å². The van der Waals surface area contributed by atoms with Crippen LogP contribution in [-0.4, -0.2) is 17.0 Å². The van der Waals surface area contributed by atoms with E-state index >= 15 is 0 Å². The Kier molecular flexibility index (Phi) is 4.17. The minimum atomic E-state index is -0.691. The van der Waals surface area contributed by atoms with E-state index in [4.69, 9.17) is 11.6 Å². The first kappa shape index (κ1) is 14.1. The average molecular weight is 317 g/mol. The van der Waals surface area contributed by atoms with Gasteiger partial charge >= 0.3 is 0 Å². The lowest BCUT2D eigenvalue weighted by Crippen LogP contribution is -2.32. The van der Waals surface area contributed by atoms with Crippen LogP contribution in [0.3, 0.4) is 0 Å². The van der Waals surface area contributed by atoms with Crippen LogP contribution in [0.25, 0.3) is 0 Å². The van der Waals surface area contributed by atoms with Crippen LogP contribution in [0.4, 0.5) is 14.5 Å². The van der Waals surface area contributed by atoms with Gasteiger partial charge in [-0.3, -0.25) is 4.99 Å². The SMILES string of the molecule is Fc1cc(F)c(NC2=NC3CCCCC3CS2)c(Cl)c1. The van der Waals surface area contributed by atoms with Crippen LogP contribution in [0.15, 0.2) is 17.1 Å². The van der Waals surface area contributed by atoms with E-state index in [0.29, 0.717) is 17.1 Å². The molecule has 6 heteroatoms. The van der Waals surface area contributed by atoms with Crippen LogP contribution >= 0.6 is 23.4 Å². The third kappa shape index (κ3) is 2.93. The van der Waals surface area contributed by atoms with Gasteiger partial charge in [0.25, 0.3) is 0 Å². The number of halogens is 3. The number of amidine groups is 1. The molecule has 1 saturated carbocycles. The highest BCUT2D eigenvalue weighted by atomic mass is 35.5. The van der Waals surface area contributed by atoms with Crippen LogP contribution in [0.5, 0.6) is 0 Å². The molecule has 1 fully saturated rings. The van der Waals surface area contributed by atoms with Crippen molar-refractivity contribution in [3.05, 3.63) is 28.8 Å². The Balaban J connectivity index is 1.80. The second kappa shape index (κ2) is 5.90. The molecule has 1 aliphatic carbocycles. The van der Waals surface area contributed by atoms with E-state index in [0.717, 1.165) is 24.3 Å². The molecule has 1 aliphatic heterocycles. The second-order valence-corrected chi connectivity index (χ2v) is 6.64. The molecule has 2 unspecified atom stereocenters. The maximum absolute atomic E-state index is 13.7. The Labute approximate surface area is 126 Å². The van der Waals surface area contributed by atoms with Gasteiger partial charge in [-0.05, 0) is 24.8 Å². The number of fused-ring (bicyclic) bond motifs is 1. The maximum atomic E-state index is 13.7. The summed E-state index contributed by atoms with van der Waals surface area (Å²) in [4.78, 5) is 4.65. The van der Waals surface area contributed by atoms with Gasteiger partial charge in [-0.15, -0.1) is 0 Å². The van der Waals surface area contributed by atoms with E-state index in [1.165, 1.54) is 19.3 Å². The molecular weight excluding hydrogens is 302 g/mol. The predicted molar refractivity (Wildman–Crippen MR) is 80.6 cm³/mol. The van der Waals surface area contributed by atoms with E-state index in [1.807, 2.05) is 0 Å². The minimum absolute atomic E-state index is 0.0385. The van der Waals surface area contributed by atoms with E-state index in [1.54, 1.807) is 11.8 Å². The molecule has 108 valence electrons. The lowest BCUT2D eigenvalue weighted by atomic mass is 9.86. The number of anilines is 1. The molecule has 0 aromatic heterocycles. The fourth-order valence-corrected chi connectivity index (χ4v) is 4.15. The molecule has 0 amide bonds. The van der Waals surface area contributed by atoms with Crippen molar-refractivity contribution in [3.8, 4) is 0 Å². The van der Waals surface area contributed by atoms with Crippen LogP contribution < -0.4 is 5.32 Å². The maximum Gasteiger partial charge on any atom is 0.161 e. The van der Waals surface area contributed by atoms with Gasteiger partial charge in [-0.2, -0.15) is 0 Å². The molecule has 0 saturated heterocycles. The molecule has 3 rings (SSSR count). The number of hydrogen-bond acceptors (Lipinski definition) is 3. The largest absolute Gasteiger partial charge is 0.331 e. The highest BCUT2D eigenvalue weighted by Crippen LogP contribution is 2.35. The molecular formula is C14H15ClF2N2S. The summed E-state index contributed by atoms with van der Waals surface area (Å²) in [5.41, 5.74) is 0.105. The summed E-state index contributed by atoms with van der Waals surface area (Å²) in [6.07, 6.45) is 4.79. The molecule has 0 spiro atoms. The summed E-state index contributed by atoms with van der Waals surface area (Å²) in [7, 11) is 0. The highest BCUT2D eigenvalue weighted by molar-refractivity contribution is 8.14. The van der Waals surface area contributed by atoms with Crippen molar-refractivity contribution >= 4 is 34.2 Å². The summed E-state index contributed by atoms with van der Waals surface area (Å²) in [6.45, 7) is 0. The molecule has 1 aromatic carbocycles. The lowest BCUT2D eigenvalue weighted by molar-refractivity contribution is 0.336. The van der Waals surface area contributed by atoms with E-state index in [-0.39, 0.29) is 10.7 Å². The summed E-state index contributed by atoms with van der Waals surface area (Å²) in [5.74, 6) is 0.261. The van der Waals surface area contributed by atoms with Crippen molar-refractivity contribution < 1.29 is 8.78 Å². The smallest absolute Gasteiger partial charge is 0.161 e. The third-order valence-electron chi connectivity index (χ3n) is 3.82. The molecule has 1 aromatic rings. The number of nitrogens with one attached hydrogen (secondary N) is 1. The molecule has 1 heterocycles. The number of nitrogens with zero attached hydrogens (tertiary/aromatic N) is 1. The van der Waals surface area contributed by atoms with Gasteiger partial charge in [0, 0.05) is 11.8 Å². The third-order valence-corrected chi connectivity index (χ3v) is 5.20. The lowest BCUT2D eigenvalue weighted by Gasteiger charge is -2.32. The van der Waals surface area contributed by atoms with Gasteiger partial charge in [-0.1, -0.05) is 36.2 Å². The van der Waals surface area contributed by atoms with Crippen LogP contribution in [-0.2, 0) is 0 Å². The second-order valence-electron chi connectivity index (χ2n) is 5.23. The Bertz CT molecular complexity index is 527. The van der Waals surface area contributed by atoms with E-state index < -0.39 is 11.6 Å². The van der Waals surface area contributed by atoms with Crippen molar-refractivity contribution in [3.63, 3.8) is 0 Å². The molecule has 20 heavy (non-hydrogen) atoms. The highest BCUT2D eigenvalue weighted by Gasteiger charge is 2.29. The first-order valence-electron chi connectivity index (χ1n) is 6.75. The Morgan fingerprint density at radius 2 is 2.05 bits per heavy atom. The fourth-order valence-electron chi connectivity index (χ4n) is 2.76. The predicted octanol–water partition coefficient (Wildman–Crippen LogP) is 4.69. The zero-order valence-electron chi connectivity index (χ0n) is 10.8. The van der Waals surface area contributed by atoms with Crippen molar-refractivity contribution in [2.45, 2.75) is 31.7 Å². The number of rotatable bonds is 1. The molecule has 1 N–H and O–H groups in total. The van der Waals surface area contributed by atoms with Crippen molar-refractivity contribution in [1.29, 1.82) is 0 Å². The van der Waals surface area contributed by atoms with Gasteiger partial charge < -0.3 is 5.32 Å². The fraction of sp³-hybridized carbons (Fsp3) is 0.500. The first-order valence-corrected chi connectivity index (χ1v) is 8.12. The molecule has 2 aliphatic rings. The van der Waals surface area contributed by atoms with Gasteiger partial charge in [-0.25, -0.2) is 8.78 Å².